The van der Waals surface area contributed by atoms with Crippen LogP contribution in [0.3, 0.4) is 0 Å². The summed E-state index contributed by atoms with van der Waals surface area (Å²) in [5.41, 5.74) is 11.3. The molecule has 0 saturated heterocycles. The second-order valence-electron chi connectivity index (χ2n) is 13.3. The number of hydrogen-bond donors (Lipinski definition) is 1. The van der Waals surface area contributed by atoms with Gasteiger partial charge < -0.3 is 5.32 Å². The van der Waals surface area contributed by atoms with Gasteiger partial charge in [-0.2, -0.15) is 0 Å². The Morgan fingerprint density at radius 3 is 1.86 bits per heavy atom. The Hall–Kier alpha value is -6.18. The molecule has 0 fully saturated rings. The number of hydrogen-bond acceptors (Lipinski definition) is 1. The molecule has 0 amide bonds. The summed E-state index contributed by atoms with van der Waals surface area (Å²) in [6, 6.07) is 49.7. The third-order valence-corrected chi connectivity index (χ3v) is 9.65. The van der Waals surface area contributed by atoms with Gasteiger partial charge in [0.1, 0.15) is 0 Å². The Kier molecular flexibility index (Phi) is 17.6. The molecule has 0 heterocycles. The number of benzene rings is 7. The van der Waals surface area contributed by atoms with E-state index in [9.17, 15) is 0 Å². The van der Waals surface area contributed by atoms with Gasteiger partial charge >= 0.3 is 0 Å². The lowest BCUT2D eigenvalue weighted by molar-refractivity contribution is 1.16. The largest absolute Gasteiger partial charge is 0.362 e. The lowest BCUT2D eigenvalue weighted by atomic mass is 9.91. The van der Waals surface area contributed by atoms with Crippen molar-refractivity contribution in [3.8, 4) is 11.1 Å². The number of aryl methyl sites for hydroxylation is 1. The van der Waals surface area contributed by atoms with Gasteiger partial charge in [0.2, 0.25) is 0 Å². The van der Waals surface area contributed by atoms with E-state index >= 15 is 0 Å². The highest BCUT2D eigenvalue weighted by molar-refractivity contribution is 6.11. The average molecular weight is 748 g/mol. The van der Waals surface area contributed by atoms with E-state index in [0.29, 0.717) is 0 Å². The molecule has 0 atom stereocenters. The minimum atomic E-state index is 1.06. The monoisotopic (exact) mass is 747 g/mol. The Labute approximate surface area is 343 Å². The van der Waals surface area contributed by atoms with E-state index in [-0.39, 0.29) is 0 Å². The van der Waals surface area contributed by atoms with Crippen molar-refractivity contribution >= 4 is 55.7 Å². The molecule has 57 heavy (non-hydrogen) atoms. The van der Waals surface area contributed by atoms with Crippen molar-refractivity contribution in [2.24, 2.45) is 0 Å². The standard InChI is InChI=1S/C39H33N.C13H16.2C2H6/c1-4-12-32-28(3)25-39(37-19-10-7-16-34(32)37)29-20-22-31(23-21-29)40-24-11-13-27(2)38-26-30-14-5-6-15-33(30)35-17-8-9-18-36(35)38;1-3-8-12(4-2)11-13-9-6-5-7-10-13;2*1-2/h4-26,40H,1-3H3;3,5-11H,4H2,1-2H3;2*1-2H3/b12-4-,24-11+,27-13+;8-3-,12-11-;;. The fourth-order valence-corrected chi connectivity index (χ4v) is 6.96. The molecule has 0 spiro atoms. The first-order chi connectivity index (χ1) is 28.0. The van der Waals surface area contributed by atoms with Crippen LogP contribution in [-0.2, 0) is 0 Å². The van der Waals surface area contributed by atoms with Gasteiger partial charge in [-0.1, -0.05) is 192 Å². The zero-order valence-corrected chi connectivity index (χ0v) is 35.6. The van der Waals surface area contributed by atoms with Crippen molar-refractivity contribution in [2.45, 2.75) is 68.7 Å². The lowest BCUT2D eigenvalue weighted by Gasteiger charge is -2.13. The maximum Gasteiger partial charge on any atom is 0.0380 e. The molecule has 1 nitrogen and oxygen atoms in total. The Morgan fingerprint density at radius 2 is 1.21 bits per heavy atom. The van der Waals surface area contributed by atoms with Crippen LogP contribution >= 0.6 is 0 Å². The summed E-state index contributed by atoms with van der Waals surface area (Å²) in [4.78, 5) is 0. The van der Waals surface area contributed by atoms with Crippen LogP contribution in [0.4, 0.5) is 5.69 Å². The molecule has 7 aromatic carbocycles. The normalized spacial score (nSPS) is 11.7. The number of anilines is 1. The number of rotatable bonds is 9. The maximum atomic E-state index is 3.44. The summed E-state index contributed by atoms with van der Waals surface area (Å²) >= 11 is 0. The van der Waals surface area contributed by atoms with E-state index in [1.807, 2.05) is 40.0 Å². The van der Waals surface area contributed by atoms with Gasteiger partial charge in [0.15, 0.2) is 0 Å². The molecule has 0 bridgehead atoms. The van der Waals surface area contributed by atoms with E-state index in [1.165, 1.54) is 76.8 Å². The van der Waals surface area contributed by atoms with Gasteiger partial charge in [0.25, 0.3) is 0 Å². The topological polar surface area (TPSA) is 12.0 Å². The predicted molar refractivity (Wildman–Crippen MR) is 259 cm³/mol. The summed E-state index contributed by atoms with van der Waals surface area (Å²) < 4.78 is 0. The minimum absolute atomic E-state index is 1.06. The van der Waals surface area contributed by atoms with Crippen LogP contribution in [0.25, 0.3) is 61.2 Å². The fraction of sp³-hybridized carbons (Fsp3) is 0.179. The molecular formula is C56H61N. The van der Waals surface area contributed by atoms with Crippen molar-refractivity contribution in [3.05, 3.63) is 204 Å². The number of nitrogens with one attached hydrogen (secondary N) is 1. The second-order valence-corrected chi connectivity index (χ2v) is 13.3. The molecule has 0 unspecified atom stereocenters. The molecule has 1 heteroatoms. The average Bonchev–Trinajstić information content (AvgIpc) is 3.27. The Balaban J connectivity index is 0.000000357. The smallest absolute Gasteiger partial charge is 0.0380 e. The summed E-state index contributed by atoms with van der Waals surface area (Å²) in [7, 11) is 0. The van der Waals surface area contributed by atoms with E-state index in [2.05, 4.69) is 216 Å². The summed E-state index contributed by atoms with van der Waals surface area (Å²) in [6.07, 6.45) is 18.1. The van der Waals surface area contributed by atoms with Gasteiger partial charge in [0, 0.05) is 11.9 Å². The van der Waals surface area contributed by atoms with E-state index in [0.717, 1.165) is 12.1 Å². The van der Waals surface area contributed by atoms with Crippen LogP contribution in [0.1, 0.15) is 84.1 Å². The predicted octanol–water partition coefficient (Wildman–Crippen LogP) is 17.3. The molecule has 1 N–H and O–H groups in total. The first kappa shape index (κ1) is 43.5. The quantitative estimate of drug-likeness (QED) is 0.115. The molecule has 290 valence electrons. The third-order valence-electron chi connectivity index (χ3n) is 9.65. The van der Waals surface area contributed by atoms with Gasteiger partial charge in [0.05, 0.1) is 0 Å². The summed E-state index contributed by atoms with van der Waals surface area (Å²) in [5, 5.41) is 11.2. The highest BCUT2D eigenvalue weighted by atomic mass is 14.8. The highest BCUT2D eigenvalue weighted by Crippen LogP contribution is 2.35. The zero-order valence-electron chi connectivity index (χ0n) is 35.6. The van der Waals surface area contributed by atoms with Crippen LogP contribution in [0.5, 0.6) is 0 Å². The first-order valence-corrected chi connectivity index (χ1v) is 20.6. The van der Waals surface area contributed by atoms with Gasteiger partial charge in [-0.3, -0.25) is 0 Å². The van der Waals surface area contributed by atoms with Crippen molar-refractivity contribution in [1.29, 1.82) is 0 Å². The molecule has 0 saturated carbocycles. The van der Waals surface area contributed by atoms with Gasteiger partial charge in [-0.15, -0.1) is 0 Å². The number of allylic oxidation sites excluding steroid dienone is 7. The fourth-order valence-electron chi connectivity index (χ4n) is 6.96. The summed E-state index contributed by atoms with van der Waals surface area (Å²) in [5.74, 6) is 0. The molecule has 0 aliphatic carbocycles. The molecule has 7 aromatic rings. The van der Waals surface area contributed by atoms with Crippen molar-refractivity contribution in [2.75, 3.05) is 5.32 Å². The first-order valence-electron chi connectivity index (χ1n) is 20.6. The number of fused-ring (bicyclic) bond motifs is 4. The molecule has 0 aliphatic rings. The van der Waals surface area contributed by atoms with Crippen molar-refractivity contribution in [3.63, 3.8) is 0 Å². The SMILES string of the molecule is C/C=C\C(=C/c1ccccc1)CC.C/C=C\c1c(C)cc(-c2ccc(N/C=C/C=C(\C)c3cc4ccccc4c4ccccc34)cc2)c2ccccc12.CC.CC. The minimum Gasteiger partial charge on any atom is -0.362 e. The third kappa shape index (κ3) is 11.4. The Bertz CT molecular complexity index is 2470. The van der Waals surface area contributed by atoms with E-state index in [1.54, 1.807) is 0 Å². The Morgan fingerprint density at radius 1 is 0.614 bits per heavy atom. The highest BCUT2D eigenvalue weighted by Gasteiger charge is 2.10. The zero-order chi connectivity index (χ0) is 41.0. The van der Waals surface area contributed by atoms with Crippen LogP contribution in [0.2, 0.25) is 0 Å². The summed E-state index contributed by atoms with van der Waals surface area (Å²) in [6.45, 7) is 18.7. The van der Waals surface area contributed by atoms with Gasteiger partial charge in [-0.25, -0.2) is 0 Å². The second kappa shape index (κ2) is 23.0. The van der Waals surface area contributed by atoms with E-state index in [4.69, 9.17) is 0 Å². The van der Waals surface area contributed by atoms with Crippen molar-refractivity contribution < 1.29 is 0 Å². The van der Waals surface area contributed by atoms with Crippen LogP contribution in [0, 0.1) is 6.92 Å². The van der Waals surface area contributed by atoms with Crippen molar-refractivity contribution in [1.82, 2.24) is 0 Å². The maximum absolute atomic E-state index is 3.44. The lowest BCUT2D eigenvalue weighted by Crippen LogP contribution is -1.90. The van der Waals surface area contributed by atoms with E-state index < -0.39 is 0 Å². The molecule has 0 aliphatic heterocycles. The molecular weight excluding hydrogens is 687 g/mol. The molecule has 7 rings (SSSR count). The van der Waals surface area contributed by atoms with Crippen LogP contribution in [-0.4, -0.2) is 0 Å². The van der Waals surface area contributed by atoms with Crippen LogP contribution < -0.4 is 5.32 Å². The molecule has 0 radical (unpaired) electrons. The molecule has 0 aromatic heterocycles. The van der Waals surface area contributed by atoms with Crippen LogP contribution in [0.15, 0.2) is 182 Å². The van der Waals surface area contributed by atoms with Gasteiger partial charge in [-0.05, 0) is 135 Å².